The first-order valence-electron chi connectivity index (χ1n) is 18.2. The van der Waals surface area contributed by atoms with E-state index in [1.165, 1.54) is 10.8 Å². The number of fused-ring (bicyclic) bond motifs is 10. The summed E-state index contributed by atoms with van der Waals surface area (Å²) in [7, 11) is 0. The van der Waals surface area contributed by atoms with Crippen molar-refractivity contribution in [2.24, 2.45) is 0 Å². The molecule has 0 aliphatic heterocycles. The number of hydrogen-bond donors (Lipinski definition) is 0. The molecule has 0 saturated carbocycles. The van der Waals surface area contributed by atoms with Crippen molar-refractivity contribution in [3.05, 3.63) is 164 Å². The van der Waals surface area contributed by atoms with E-state index in [1.807, 2.05) is 54.7 Å². The predicted molar refractivity (Wildman–Crippen MR) is 220 cm³/mol. The number of pyridine rings is 1. The van der Waals surface area contributed by atoms with Crippen molar-refractivity contribution >= 4 is 76.5 Å². The molecule has 0 radical (unpaired) electrons. The van der Waals surface area contributed by atoms with E-state index in [0.29, 0.717) is 17.5 Å². The van der Waals surface area contributed by atoms with E-state index in [9.17, 15) is 0 Å². The van der Waals surface area contributed by atoms with Gasteiger partial charge >= 0.3 is 0 Å². The highest BCUT2D eigenvalue weighted by atomic mass is 16.3. The third kappa shape index (κ3) is 4.44. The van der Waals surface area contributed by atoms with Gasteiger partial charge in [0.25, 0.3) is 0 Å². The molecule has 7 nitrogen and oxygen atoms in total. The smallest absolute Gasteiger partial charge is 0.164 e. The number of nitrogens with zero attached hydrogens (tertiary/aromatic N) is 5. The Morgan fingerprint density at radius 3 is 1.85 bits per heavy atom. The normalized spacial score (nSPS) is 12.0. The van der Waals surface area contributed by atoms with E-state index >= 15 is 0 Å². The first-order chi connectivity index (χ1) is 27.3. The molecule has 0 N–H and O–H groups in total. The van der Waals surface area contributed by atoms with Crippen molar-refractivity contribution in [3.63, 3.8) is 0 Å². The molecular formula is C48H27N5O2. The minimum absolute atomic E-state index is 0.542. The largest absolute Gasteiger partial charge is 0.456 e. The number of benzene rings is 7. The molecule has 0 bridgehead atoms. The van der Waals surface area contributed by atoms with Crippen molar-refractivity contribution in [1.82, 2.24) is 24.5 Å². The second-order valence-corrected chi connectivity index (χ2v) is 13.8. The molecule has 0 spiro atoms. The average molecular weight is 706 g/mol. The third-order valence-corrected chi connectivity index (χ3v) is 10.8. The summed E-state index contributed by atoms with van der Waals surface area (Å²) < 4.78 is 14.9. The molecule has 5 aromatic heterocycles. The van der Waals surface area contributed by atoms with E-state index < -0.39 is 0 Å². The van der Waals surface area contributed by atoms with Crippen LogP contribution in [0.25, 0.3) is 116 Å². The first-order valence-corrected chi connectivity index (χ1v) is 18.2. The summed E-state index contributed by atoms with van der Waals surface area (Å²) >= 11 is 0. The van der Waals surface area contributed by atoms with Gasteiger partial charge in [0.15, 0.2) is 17.5 Å². The molecule has 0 fully saturated rings. The topological polar surface area (TPSA) is 82.8 Å². The highest BCUT2D eigenvalue weighted by molar-refractivity contribution is 6.13. The summed E-state index contributed by atoms with van der Waals surface area (Å²) in [6, 6.07) is 52.2. The molecule has 12 rings (SSSR count). The summed E-state index contributed by atoms with van der Waals surface area (Å²) in [4.78, 5) is 20.0. The summed E-state index contributed by atoms with van der Waals surface area (Å²) in [5.41, 5.74) is 9.12. The Labute approximate surface area is 312 Å². The minimum atomic E-state index is 0.542. The van der Waals surface area contributed by atoms with Gasteiger partial charge in [-0.2, -0.15) is 0 Å². The van der Waals surface area contributed by atoms with Crippen LogP contribution in [-0.2, 0) is 0 Å². The van der Waals surface area contributed by atoms with Crippen LogP contribution < -0.4 is 0 Å². The molecule has 7 heteroatoms. The van der Waals surface area contributed by atoms with Crippen LogP contribution in [0, 0.1) is 0 Å². The van der Waals surface area contributed by atoms with Gasteiger partial charge in [-0.15, -0.1) is 0 Å². The van der Waals surface area contributed by atoms with Crippen LogP contribution in [0.1, 0.15) is 0 Å². The first kappa shape index (κ1) is 29.9. The van der Waals surface area contributed by atoms with Gasteiger partial charge in [0.05, 0.1) is 16.7 Å². The van der Waals surface area contributed by atoms with Gasteiger partial charge in [-0.25, -0.2) is 15.0 Å². The molecule has 12 aromatic rings. The van der Waals surface area contributed by atoms with E-state index in [0.717, 1.165) is 88.1 Å². The molecular weight excluding hydrogens is 679 g/mol. The van der Waals surface area contributed by atoms with Crippen LogP contribution >= 0.6 is 0 Å². The Balaban J connectivity index is 1.12. The van der Waals surface area contributed by atoms with Crippen molar-refractivity contribution in [2.75, 3.05) is 0 Å². The van der Waals surface area contributed by atoms with Crippen LogP contribution in [0.2, 0.25) is 0 Å². The lowest BCUT2D eigenvalue weighted by Crippen LogP contribution is -2.02. The van der Waals surface area contributed by atoms with Crippen LogP contribution in [0.15, 0.2) is 173 Å². The zero-order valence-corrected chi connectivity index (χ0v) is 29.1. The Morgan fingerprint density at radius 2 is 1.04 bits per heavy atom. The van der Waals surface area contributed by atoms with Gasteiger partial charge < -0.3 is 13.4 Å². The second kappa shape index (κ2) is 11.4. The Morgan fingerprint density at radius 1 is 0.400 bits per heavy atom. The molecule has 0 saturated heterocycles. The molecule has 5 heterocycles. The maximum atomic E-state index is 6.30. The van der Waals surface area contributed by atoms with Crippen LogP contribution in [0.5, 0.6) is 0 Å². The van der Waals surface area contributed by atoms with Crippen molar-refractivity contribution < 1.29 is 8.83 Å². The van der Waals surface area contributed by atoms with Crippen molar-refractivity contribution in [2.45, 2.75) is 0 Å². The fraction of sp³-hybridized carbons (Fsp3) is 0. The number of aromatic nitrogens is 5. The molecule has 0 aliphatic rings. The fourth-order valence-corrected chi connectivity index (χ4v) is 8.32. The number of rotatable bonds is 4. The second-order valence-electron chi connectivity index (χ2n) is 13.8. The zero-order chi connectivity index (χ0) is 36.0. The minimum Gasteiger partial charge on any atom is -0.456 e. The SMILES string of the molecule is c1ccc2c(c1)oc1cccc(-c3nc(-c4ccc5c(c4)oc4ccncc45)nc(-c4ccc(-n5c6ccccc6c6ccccc65)c5ccccc45)n3)c12. The van der Waals surface area contributed by atoms with Crippen LogP contribution in [0.4, 0.5) is 0 Å². The van der Waals surface area contributed by atoms with Gasteiger partial charge in [-0.1, -0.05) is 97.1 Å². The van der Waals surface area contributed by atoms with Crippen molar-refractivity contribution in [1.29, 1.82) is 0 Å². The molecule has 7 aromatic carbocycles. The lowest BCUT2D eigenvalue weighted by Gasteiger charge is -2.15. The van der Waals surface area contributed by atoms with E-state index in [-0.39, 0.29) is 0 Å². The number of furan rings is 2. The van der Waals surface area contributed by atoms with Crippen LogP contribution in [-0.4, -0.2) is 24.5 Å². The Bertz CT molecular complexity index is 3470. The molecule has 0 amide bonds. The summed E-state index contributed by atoms with van der Waals surface area (Å²) in [5.74, 6) is 1.67. The molecule has 0 aliphatic carbocycles. The lowest BCUT2D eigenvalue weighted by molar-refractivity contribution is 0.668. The standard InChI is InChI=1S/C48H27N5O2/c1-2-11-30-29(10-1)34(22-23-40(30)53-38-16-6-3-12-31(38)32-13-4-7-17-39(32)53)47-50-46(28-20-21-33-37-27-49-25-24-42(37)55-44(33)26-28)51-48(52-47)36-15-9-19-43-45(36)35-14-5-8-18-41(35)54-43/h1-27H. The molecule has 0 atom stereocenters. The van der Waals surface area contributed by atoms with Gasteiger partial charge in [0.2, 0.25) is 0 Å². The monoisotopic (exact) mass is 705 g/mol. The lowest BCUT2D eigenvalue weighted by atomic mass is 10.0. The Hall–Kier alpha value is -7.64. The molecule has 55 heavy (non-hydrogen) atoms. The third-order valence-electron chi connectivity index (χ3n) is 10.8. The number of para-hydroxylation sites is 3. The van der Waals surface area contributed by atoms with Gasteiger partial charge in [-0.05, 0) is 60.0 Å². The van der Waals surface area contributed by atoms with Crippen molar-refractivity contribution in [3.8, 4) is 39.9 Å². The highest BCUT2D eigenvalue weighted by Gasteiger charge is 2.21. The maximum absolute atomic E-state index is 6.30. The maximum Gasteiger partial charge on any atom is 0.164 e. The van der Waals surface area contributed by atoms with E-state index in [2.05, 4.69) is 113 Å². The van der Waals surface area contributed by atoms with Gasteiger partial charge in [-0.3, -0.25) is 4.98 Å². The summed E-state index contributed by atoms with van der Waals surface area (Å²) in [5, 5.41) is 8.50. The van der Waals surface area contributed by atoms with Gasteiger partial charge in [0, 0.05) is 66.8 Å². The van der Waals surface area contributed by atoms with E-state index in [1.54, 1.807) is 6.20 Å². The summed E-state index contributed by atoms with van der Waals surface area (Å²) in [6.45, 7) is 0. The summed E-state index contributed by atoms with van der Waals surface area (Å²) in [6.07, 6.45) is 3.58. The molecule has 256 valence electrons. The molecule has 0 unspecified atom stereocenters. The fourth-order valence-electron chi connectivity index (χ4n) is 8.32. The average Bonchev–Trinajstić information content (AvgIpc) is 3.92. The van der Waals surface area contributed by atoms with E-state index in [4.69, 9.17) is 23.8 Å². The highest BCUT2D eigenvalue weighted by Crippen LogP contribution is 2.40. The zero-order valence-electron chi connectivity index (χ0n) is 29.1. The van der Waals surface area contributed by atoms with Crippen LogP contribution in [0.3, 0.4) is 0 Å². The number of hydrogen-bond acceptors (Lipinski definition) is 6. The quantitative estimate of drug-likeness (QED) is 0.181. The Kier molecular flexibility index (Phi) is 6.21. The predicted octanol–water partition coefficient (Wildman–Crippen LogP) is 12.3. The van der Waals surface area contributed by atoms with Gasteiger partial charge in [0.1, 0.15) is 22.3 Å².